The molecule has 0 unspecified atom stereocenters. The van der Waals surface area contributed by atoms with Crippen LogP contribution in [0.4, 0.5) is 0 Å². The predicted molar refractivity (Wildman–Crippen MR) is 64.5 cm³/mol. The van der Waals surface area contributed by atoms with E-state index in [0.717, 1.165) is 10.0 Å². The number of hydrogen-bond donors (Lipinski definition) is 4. The smallest absolute Gasteiger partial charge is 0.339 e. The van der Waals surface area contributed by atoms with Crippen molar-refractivity contribution in [2.45, 2.75) is 6.54 Å². The first kappa shape index (κ1) is 15.8. The molecule has 0 spiro atoms. The Hall–Kier alpha value is -1.16. The van der Waals surface area contributed by atoms with Gasteiger partial charge >= 0.3 is 5.96 Å². The molecular weight excluding hydrogens is 314 g/mol. The number of benzene rings is 1. The Morgan fingerprint density at radius 2 is 2.00 bits per heavy atom. The molecule has 0 heterocycles. The SMILES string of the molecule is NC(N)=[NH+]Cc1cccc(Br)c1.O=S(=O)([O-])O. The van der Waals surface area contributed by atoms with Crippen molar-refractivity contribution >= 4 is 32.3 Å². The molecule has 1 rings (SSSR count). The van der Waals surface area contributed by atoms with Gasteiger partial charge in [0.15, 0.2) is 0 Å². The summed E-state index contributed by atoms with van der Waals surface area (Å²) in [4.78, 5) is 2.84. The van der Waals surface area contributed by atoms with E-state index in [1.165, 1.54) is 0 Å². The second kappa shape index (κ2) is 7.22. The van der Waals surface area contributed by atoms with E-state index < -0.39 is 10.4 Å². The first-order chi connectivity index (χ1) is 7.68. The number of rotatable bonds is 2. The topological polar surface area (TPSA) is 143 Å². The Bertz CT molecular complexity index is 477. The summed E-state index contributed by atoms with van der Waals surface area (Å²) in [5, 5.41) is 0. The molecule has 1 aromatic rings. The summed E-state index contributed by atoms with van der Waals surface area (Å²) < 4.78 is 33.9. The van der Waals surface area contributed by atoms with Gasteiger partial charge in [0.2, 0.25) is 10.4 Å². The minimum atomic E-state index is -4.92. The number of nitrogens with one attached hydrogen (secondary N) is 1. The van der Waals surface area contributed by atoms with E-state index in [1.807, 2.05) is 24.3 Å². The highest BCUT2D eigenvalue weighted by molar-refractivity contribution is 9.10. The summed E-state index contributed by atoms with van der Waals surface area (Å²) in [6.45, 7) is 0.655. The summed E-state index contributed by atoms with van der Waals surface area (Å²) in [5.41, 5.74) is 11.6. The first-order valence-electron chi connectivity index (χ1n) is 4.23. The third-order valence-electron chi connectivity index (χ3n) is 1.39. The fourth-order valence-electron chi connectivity index (χ4n) is 0.851. The minimum Gasteiger partial charge on any atom is -0.726 e. The molecule has 0 aliphatic heterocycles. The Balaban J connectivity index is 0.000000437. The fraction of sp³-hybridized carbons (Fsp3) is 0.125. The lowest BCUT2D eigenvalue weighted by Gasteiger charge is -1.95. The van der Waals surface area contributed by atoms with E-state index >= 15 is 0 Å². The van der Waals surface area contributed by atoms with Crippen molar-refractivity contribution < 1.29 is 22.5 Å². The van der Waals surface area contributed by atoms with Crippen LogP contribution in [0.1, 0.15) is 5.56 Å². The summed E-state index contributed by atoms with van der Waals surface area (Å²) >= 11 is 3.37. The molecule has 0 fully saturated rings. The second-order valence-corrected chi connectivity index (χ2v) is 4.64. The minimum absolute atomic E-state index is 0.245. The van der Waals surface area contributed by atoms with Crippen molar-refractivity contribution in [1.82, 2.24) is 0 Å². The lowest BCUT2D eigenvalue weighted by atomic mass is 10.2. The van der Waals surface area contributed by atoms with Gasteiger partial charge in [-0.3, -0.25) is 21.0 Å². The van der Waals surface area contributed by atoms with Crippen LogP contribution in [0.3, 0.4) is 0 Å². The molecule has 0 atom stereocenters. The van der Waals surface area contributed by atoms with Gasteiger partial charge in [-0.05, 0) is 17.7 Å². The van der Waals surface area contributed by atoms with Gasteiger partial charge in [-0.2, -0.15) is 0 Å². The highest BCUT2D eigenvalue weighted by Gasteiger charge is 1.93. The van der Waals surface area contributed by atoms with Gasteiger partial charge in [-0.25, -0.2) is 8.42 Å². The summed E-state index contributed by atoms with van der Waals surface area (Å²) in [7, 11) is -4.92. The van der Waals surface area contributed by atoms with Crippen molar-refractivity contribution in [2.24, 2.45) is 11.5 Å². The van der Waals surface area contributed by atoms with Crippen molar-refractivity contribution in [2.75, 3.05) is 0 Å². The number of halogens is 1. The summed E-state index contributed by atoms with van der Waals surface area (Å²) in [5.74, 6) is 0.245. The third-order valence-corrected chi connectivity index (χ3v) is 1.88. The Labute approximate surface area is 107 Å². The maximum absolute atomic E-state index is 8.63. The molecule has 7 nitrogen and oxygen atoms in total. The van der Waals surface area contributed by atoms with Crippen LogP contribution in [0.15, 0.2) is 28.7 Å². The van der Waals surface area contributed by atoms with Gasteiger partial charge in [0.1, 0.15) is 0 Å². The molecule has 0 aliphatic rings. The highest BCUT2D eigenvalue weighted by Crippen LogP contribution is 2.10. The van der Waals surface area contributed by atoms with E-state index in [0.29, 0.717) is 6.54 Å². The van der Waals surface area contributed by atoms with Crippen molar-refractivity contribution in [3.8, 4) is 0 Å². The predicted octanol–water partition coefficient (Wildman–Crippen LogP) is -1.69. The van der Waals surface area contributed by atoms with Gasteiger partial charge in [-0.1, -0.05) is 28.1 Å². The maximum Gasteiger partial charge on any atom is 0.339 e. The van der Waals surface area contributed by atoms with Crippen molar-refractivity contribution in [3.05, 3.63) is 34.3 Å². The number of hydrogen-bond acceptors (Lipinski definition) is 3. The standard InChI is InChI=1S/C8H10BrN3.H2O4S/c9-7-3-1-2-6(4-7)5-12-8(10)11;1-5(2,3)4/h1-4H,5H2,(H4,10,11,12);(H2,1,2,3,4). The van der Waals surface area contributed by atoms with E-state index in [9.17, 15) is 0 Å². The molecule has 0 aliphatic carbocycles. The second-order valence-electron chi connectivity index (χ2n) is 2.87. The molecule has 9 heteroatoms. The first-order valence-corrected chi connectivity index (χ1v) is 6.39. The highest BCUT2D eigenvalue weighted by atomic mass is 79.9. The van der Waals surface area contributed by atoms with Crippen LogP contribution in [0.5, 0.6) is 0 Å². The Kier molecular flexibility index (Phi) is 6.73. The van der Waals surface area contributed by atoms with Gasteiger partial charge in [0, 0.05) is 4.47 Å². The van der Waals surface area contributed by atoms with Gasteiger partial charge < -0.3 is 4.55 Å². The van der Waals surface area contributed by atoms with Crippen LogP contribution in [-0.2, 0) is 16.9 Å². The van der Waals surface area contributed by atoms with Gasteiger partial charge in [-0.15, -0.1) is 0 Å². The lowest BCUT2D eigenvalue weighted by molar-refractivity contribution is -0.477. The Morgan fingerprint density at radius 3 is 2.41 bits per heavy atom. The van der Waals surface area contributed by atoms with Gasteiger partial charge in [0.05, 0.1) is 6.54 Å². The van der Waals surface area contributed by atoms with E-state index in [-0.39, 0.29) is 5.96 Å². The molecule has 0 radical (unpaired) electrons. The van der Waals surface area contributed by atoms with Crippen LogP contribution in [0.2, 0.25) is 0 Å². The average molecular weight is 326 g/mol. The Morgan fingerprint density at radius 1 is 1.47 bits per heavy atom. The molecule has 0 saturated carbocycles. The zero-order chi connectivity index (χ0) is 13.5. The quantitative estimate of drug-likeness (QED) is 0.221. The number of guanidine groups is 1. The van der Waals surface area contributed by atoms with Crippen LogP contribution in [0.25, 0.3) is 0 Å². The zero-order valence-electron chi connectivity index (χ0n) is 8.63. The third kappa shape index (κ3) is 12.8. The zero-order valence-corrected chi connectivity index (χ0v) is 11.0. The molecule has 0 bridgehead atoms. The molecule has 0 amide bonds. The number of nitrogens with two attached hydrogens (primary N) is 2. The summed E-state index contributed by atoms with van der Waals surface area (Å²) in [6.07, 6.45) is 0. The molecule has 0 saturated heterocycles. The van der Waals surface area contributed by atoms with E-state index in [4.69, 9.17) is 29.0 Å². The van der Waals surface area contributed by atoms with Crippen LogP contribution < -0.4 is 16.5 Å². The summed E-state index contributed by atoms with van der Waals surface area (Å²) in [6, 6.07) is 7.95. The van der Waals surface area contributed by atoms with Crippen molar-refractivity contribution in [3.63, 3.8) is 0 Å². The van der Waals surface area contributed by atoms with Crippen molar-refractivity contribution in [1.29, 1.82) is 0 Å². The van der Waals surface area contributed by atoms with Gasteiger partial charge in [0.25, 0.3) is 0 Å². The normalized spacial score (nSPS) is 10.1. The molecular formula is C8H12BrN3O4S. The molecule has 96 valence electrons. The monoisotopic (exact) mass is 325 g/mol. The van der Waals surface area contributed by atoms with Crippen LogP contribution in [-0.4, -0.2) is 23.5 Å². The average Bonchev–Trinajstić information content (AvgIpc) is 2.12. The van der Waals surface area contributed by atoms with Crippen LogP contribution in [0, 0.1) is 0 Å². The van der Waals surface area contributed by atoms with E-state index in [1.54, 1.807) is 0 Å². The molecule has 6 N–H and O–H groups in total. The van der Waals surface area contributed by atoms with Crippen LogP contribution >= 0.6 is 15.9 Å². The lowest BCUT2D eigenvalue weighted by Crippen LogP contribution is -2.76. The molecule has 1 aromatic carbocycles. The fourth-order valence-corrected chi connectivity index (χ4v) is 1.30. The maximum atomic E-state index is 8.63. The largest absolute Gasteiger partial charge is 0.726 e. The molecule has 0 aromatic heterocycles. The van der Waals surface area contributed by atoms with E-state index in [2.05, 4.69) is 20.9 Å². The molecule has 17 heavy (non-hydrogen) atoms.